The monoisotopic (exact) mass is 353 g/mol. The Labute approximate surface area is 154 Å². The molecule has 0 saturated heterocycles. The second-order valence-corrected chi connectivity index (χ2v) is 8.83. The van der Waals surface area contributed by atoms with Gasteiger partial charge in [-0.3, -0.25) is 4.79 Å². The predicted octanol–water partition coefficient (Wildman–Crippen LogP) is 4.40. The summed E-state index contributed by atoms with van der Waals surface area (Å²) in [5.41, 5.74) is 1.86. The van der Waals surface area contributed by atoms with Gasteiger partial charge in [-0.1, -0.05) is 20.8 Å². The lowest BCUT2D eigenvalue weighted by atomic mass is 9.86. The van der Waals surface area contributed by atoms with Gasteiger partial charge in [0.15, 0.2) is 17.4 Å². The van der Waals surface area contributed by atoms with E-state index >= 15 is 0 Å². The van der Waals surface area contributed by atoms with Gasteiger partial charge >= 0.3 is 0 Å². The lowest BCUT2D eigenvalue weighted by molar-refractivity contribution is 0.0858. The number of ketones is 1. The highest BCUT2D eigenvalue weighted by atomic mass is 16.1. The Morgan fingerprint density at radius 1 is 1.12 bits per heavy atom. The summed E-state index contributed by atoms with van der Waals surface area (Å²) in [6.07, 6.45) is 1.95. The molecule has 0 atom stereocenters. The molecule has 138 valence electrons. The van der Waals surface area contributed by atoms with Crippen molar-refractivity contribution in [3.8, 4) is 11.6 Å². The number of carbonyl (C=O) groups excluding carboxylic acids is 1. The van der Waals surface area contributed by atoms with Crippen LogP contribution in [0.3, 0.4) is 0 Å². The molecule has 3 rings (SSSR count). The first-order valence-electron chi connectivity index (χ1n) is 8.80. The number of carbonyl (C=O) groups is 1. The topological polar surface area (TPSA) is 75.6 Å². The lowest BCUT2D eigenvalue weighted by Gasteiger charge is -2.19. The molecule has 2 aromatic heterocycles. The number of H-pyrrole nitrogens is 1. The predicted molar refractivity (Wildman–Crippen MR) is 105 cm³/mol. The number of imidazole rings is 2. The van der Waals surface area contributed by atoms with E-state index in [4.69, 9.17) is 0 Å². The normalized spacial score (nSPS) is 12.6. The van der Waals surface area contributed by atoms with Crippen molar-refractivity contribution in [2.45, 2.75) is 47.1 Å². The second kappa shape index (κ2) is 5.97. The van der Waals surface area contributed by atoms with Crippen LogP contribution in [0.25, 0.3) is 22.7 Å². The lowest BCUT2D eigenvalue weighted by Crippen LogP contribution is -2.26. The van der Waals surface area contributed by atoms with E-state index in [0.717, 1.165) is 22.7 Å². The molecule has 0 bridgehead atoms. The molecule has 6 heteroatoms. The molecule has 3 aromatic rings. The van der Waals surface area contributed by atoms with Gasteiger partial charge < -0.3 is 14.9 Å². The van der Waals surface area contributed by atoms with Crippen LogP contribution >= 0.6 is 0 Å². The maximum atomic E-state index is 12.5. The standard InChI is InChI=1S/C20H27N5O/c1-19(2,3)16(26)12-8-9-13-14(10-12)22-17(21-13)18-23-15(11-25(18)7)24-20(4,5)6/h8-11,24H,1-7H3,(H,21,22). The zero-order valence-corrected chi connectivity index (χ0v) is 16.6. The minimum atomic E-state index is -0.413. The molecule has 0 radical (unpaired) electrons. The zero-order chi connectivity index (χ0) is 19.3. The SMILES string of the molecule is Cn1cc(NC(C)(C)C)nc1-c1nc2ccc(C(=O)C(C)(C)C)cc2[nH]1. The van der Waals surface area contributed by atoms with E-state index in [2.05, 4.69) is 41.0 Å². The van der Waals surface area contributed by atoms with E-state index in [1.165, 1.54) is 0 Å². The Kier molecular flexibility index (Phi) is 4.17. The molecule has 2 N–H and O–H groups in total. The van der Waals surface area contributed by atoms with Crippen LogP contribution in [0.1, 0.15) is 51.9 Å². The van der Waals surface area contributed by atoms with Crippen LogP contribution in [0, 0.1) is 5.41 Å². The largest absolute Gasteiger partial charge is 0.364 e. The summed E-state index contributed by atoms with van der Waals surface area (Å²) >= 11 is 0. The Balaban J connectivity index is 1.99. The molecule has 0 unspecified atom stereocenters. The van der Waals surface area contributed by atoms with E-state index in [-0.39, 0.29) is 11.3 Å². The minimum Gasteiger partial charge on any atom is -0.364 e. The number of nitrogens with one attached hydrogen (secondary N) is 2. The van der Waals surface area contributed by atoms with Crippen molar-refractivity contribution in [3.63, 3.8) is 0 Å². The minimum absolute atomic E-state index is 0.0677. The van der Waals surface area contributed by atoms with Crippen molar-refractivity contribution in [1.29, 1.82) is 0 Å². The number of benzene rings is 1. The molecule has 0 saturated carbocycles. The molecular formula is C20H27N5O. The second-order valence-electron chi connectivity index (χ2n) is 8.83. The molecule has 0 amide bonds. The van der Waals surface area contributed by atoms with E-state index in [9.17, 15) is 4.79 Å². The van der Waals surface area contributed by atoms with E-state index in [1.807, 2.05) is 56.8 Å². The highest BCUT2D eigenvalue weighted by Gasteiger charge is 2.23. The number of nitrogens with zero attached hydrogens (tertiary/aromatic N) is 3. The van der Waals surface area contributed by atoms with Gasteiger partial charge in [-0.25, -0.2) is 9.97 Å². The number of aryl methyl sites for hydroxylation is 1. The van der Waals surface area contributed by atoms with Gasteiger partial charge in [0.05, 0.1) is 11.0 Å². The third-order valence-electron chi connectivity index (χ3n) is 4.02. The number of rotatable bonds is 3. The van der Waals surface area contributed by atoms with Crippen molar-refractivity contribution in [3.05, 3.63) is 30.0 Å². The van der Waals surface area contributed by atoms with Crippen molar-refractivity contribution < 1.29 is 4.79 Å². The summed E-state index contributed by atoms with van der Waals surface area (Å²) in [4.78, 5) is 25.1. The van der Waals surface area contributed by atoms with Crippen LogP contribution in [-0.4, -0.2) is 30.8 Å². The molecular weight excluding hydrogens is 326 g/mol. The third-order valence-corrected chi connectivity index (χ3v) is 4.02. The highest BCUT2D eigenvalue weighted by Crippen LogP contribution is 2.26. The highest BCUT2D eigenvalue weighted by molar-refractivity contribution is 6.02. The molecule has 0 fully saturated rings. The molecule has 6 nitrogen and oxygen atoms in total. The van der Waals surface area contributed by atoms with Gasteiger partial charge in [-0.05, 0) is 39.0 Å². The van der Waals surface area contributed by atoms with Crippen molar-refractivity contribution in [1.82, 2.24) is 19.5 Å². The first-order valence-corrected chi connectivity index (χ1v) is 8.80. The smallest absolute Gasteiger partial charge is 0.178 e. The van der Waals surface area contributed by atoms with Crippen LogP contribution in [0.4, 0.5) is 5.82 Å². The van der Waals surface area contributed by atoms with E-state index in [0.29, 0.717) is 11.4 Å². The Bertz CT molecular complexity index is 966. The molecule has 0 aliphatic rings. The van der Waals surface area contributed by atoms with Crippen molar-refractivity contribution in [2.75, 3.05) is 5.32 Å². The average Bonchev–Trinajstić information content (AvgIpc) is 3.05. The van der Waals surface area contributed by atoms with Crippen molar-refractivity contribution in [2.24, 2.45) is 12.5 Å². The fraction of sp³-hybridized carbons (Fsp3) is 0.450. The van der Waals surface area contributed by atoms with Gasteiger partial charge in [0, 0.05) is 29.8 Å². The first kappa shape index (κ1) is 18.2. The number of fused-ring (bicyclic) bond motifs is 1. The summed E-state index contributed by atoms with van der Waals surface area (Å²) < 4.78 is 1.94. The molecule has 26 heavy (non-hydrogen) atoms. The number of aromatic amines is 1. The summed E-state index contributed by atoms with van der Waals surface area (Å²) in [6.45, 7) is 12.1. The van der Waals surface area contributed by atoms with Gasteiger partial charge in [0.1, 0.15) is 5.82 Å². The van der Waals surface area contributed by atoms with Crippen LogP contribution in [0.2, 0.25) is 0 Å². The molecule has 0 spiro atoms. The number of Topliss-reactive ketones (excluding diaryl/α,β-unsaturated/α-hetero) is 1. The van der Waals surface area contributed by atoms with Gasteiger partial charge in [-0.2, -0.15) is 0 Å². The number of hydrogen-bond acceptors (Lipinski definition) is 4. The fourth-order valence-electron chi connectivity index (χ4n) is 2.82. The Morgan fingerprint density at radius 2 is 1.81 bits per heavy atom. The molecule has 2 heterocycles. The summed E-state index contributed by atoms with van der Waals surface area (Å²) in [5.74, 6) is 2.35. The maximum absolute atomic E-state index is 12.5. The van der Waals surface area contributed by atoms with Crippen LogP contribution < -0.4 is 5.32 Å². The Morgan fingerprint density at radius 3 is 2.42 bits per heavy atom. The number of hydrogen-bond donors (Lipinski definition) is 2. The first-order chi connectivity index (χ1) is 11.9. The third kappa shape index (κ3) is 3.64. The van der Waals surface area contributed by atoms with Crippen LogP contribution in [-0.2, 0) is 7.05 Å². The molecule has 0 aliphatic heterocycles. The summed E-state index contributed by atoms with van der Waals surface area (Å²) in [7, 11) is 1.94. The zero-order valence-electron chi connectivity index (χ0n) is 16.6. The summed E-state index contributed by atoms with van der Waals surface area (Å²) in [5, 5.41) is 3.37. The average molecular weight is 353 g/mol. The quantitative estimate of drug-likeness (QED) is 0.684. The number of aromatic nitrogens is 4. The van der Waals surface area contributed by atoms with Gasteiger partial charge in [0.2, 0.25) is 0 Å². The Hall–Kier alpha value is -2.63. The van der Waals surface area contributed by atoms with Crippen LogP contribution in [0.15, 0.2) is 24.4 Å². The van der Waals surface area contributed by atoms with Gasteiger partial charge in [-0.15, -0.1) is 0 Å². The maximum Gasteiger partial charge on any atom is 0.178 e. The van der Waals surface area contributed by atoms with Crippen LogP contribution in [0.5, 0.6) is 0 Å². The molecule has 0 aliphatic carbocycles. The van der Waals surface area contributed by atoms with Gasteiger partial charge in [0.25, 0.3) is 0 Å². The number of anilines is 1. The van der Waals surface area contributed by atoms with E-state index in [1.54, 1.807) is 0 Å². The summed E-state index contributed by atoms with van der Waals surface area (Å²) in [6, 6.07) is 5.59. The van der Waals surface area contributed by atoms with E-state index < -0.39 is 5.41 Å². The fourth-order valence-corrected chi connectivity index (χ4v) is 2.82. The molecule has 1 aromatic carbocycles. The van der Waals surface area contributed by atoms with Crippen molar-refractivity contribution >= 4 is 22.6 Å².